The second-order valence-corrected chi connectivity index (χ2v) is 17.9. The Balaban J connectivity index is 0.943. The number of anilines is 6. The summed E-state index contributed by atoms with van der Waals surface area (Å²) in [5.74, 6) is 0. The van der Waals surface area contributed by atoms with E-state index < -0.39 is 0 Å². The van der Waals surface area contributed by atoms with E-state index in [9.17, 15) is 0 Å². The fourth-order valence-electron chi connectivity index (χ4n) is 9.64. The van der Waals surface area contributed by atoms with Gasteiger partial charge in [0.2, 0.25) is 0 Å². The lowest BCUT2D eigenvalue weighted by Crippen LogP contribution is -2.16. The Hall–Kier alpha value is -6.75. The Bertz CT molecular complexity index is 3050. The minimum Gasteiger partial charge on any atom is -0.310 e. The van der Waals surface area contributed by atoms with Gasteiger partial charge in [-0.3, -0.25) is 0 Å². The molecule has 0 atom stereocenters. The summed E-state index contributed by atoms with van der Waals surface area (Å²) in [6, 6.07) is 68.6. The van der Waals surface area contributed by atoms with E-state index in [1.165, 1.54) is 44.5 Å². The van der Waals surface area contributed by atoms with Crippen LogP contribution in [0.2, 0.25) is 0 Å². The van der Waals surface area contributed by atoms with Crippen molar-refractivity contribution >= 4 is 55.7 Å². The quantitative estimate of drug-likeness (QED) is 0.161. The fourth-order valence-corrected chi connectivity index (χ4v) is 10.6. The van der Waals surface area contributed by atoms with Crippen molar-refractivity contribution in [3.8, 4) is 32.8 Å². The Morgan fingerprint density at radius 3 is 1.32 bits per heavy atom. The number of rotatable bonds is 7. The summed E-state index contributed by atoms with van der Waals surface area (Å²) >= 11 is 1.75. The molecular formula is C55H43N3S. The summed E-state index contributed by atoms with van der Waals surface area (Å²) in [5.41, 5.74) is 19.5. The van der Waals surface area contributed by atoms with Crippen LogP contribution >= 0.6 is 11.3 Å². The molecule has 0 saturated carbocycles. The summed E-state index contributed by atoms with van der Waals surface area (Å²) in [7, 11) is 0. The molecule has 1 heterocycles. The van der Waals surface area contributed by atoms with E-state index >= 15 is 0 Å². The van der Waals surface area contributed by atoms with Gasteiger partial charge in [0.15, 0.2) is 0 Å². The molecule has 59 heavy (non-hydrogen) atoms. The van der Waals surface area contributed by atoms with E-state index in [0.29, 0.717) is 0 Å². The molecule has 0 fully saturated rings. The maximum absolute atomic E-state index is 5.17. The first kappa shape index (κ1) is 35.4. The highest BCUT2D eigenvalue weighted by Gasteiger charge is 2.37. The predicted molar refractivity (Wildman–Crippen MR) is 250 cm³/mol. The third-order valence-electron chi connectivity index (χ3n) is 12.7. The highest BCUT2D eigenvalue weighted by Crippen LogP contribution is 2.52. The van der Waals surface area contributed by atoms with Gasteiger partial charge in [-0.15, -0.1) is 11.3 Å². The first-order valence-electron chi connectivity index (χ1n) is 20.5. The van der Waals surface area contributed by atoms with Gasteiger partial charge in [-0.05, 0) is 136 Å². The molecule has 11 rings (SSSR count). The number of hydrogen-bond donors (Lipinski definition) is 0. The second kappa shape index (κ2) is 13.4. The van der Waals surface area contributed by atoms with Gasteiger partial charge in [0, 0.05) is 50.5 Å². The van der Waals surface area contributed by atoms with Gasteiger partial charge in [0.25, 0.3) is 0 Å². The van der Waals surface area contributed by atoms with Gasteiger partial charge in [-0.25, -0.2) is 4.98 Å². The first-order valence-corrected chi connectivity index (χ1v) is 21.3. The van der Waals surface area contributed by atoms with Crippen molar-refractivity contribution in [3.63, 3.8) is 0 Å². The van der Waals surface area contributed by atoms with Crippen LogP contribution in [0, 0.1) is 0 Å². The van der Waals surface area contributed by atoms with Gasteiger partial charge in [-0.2, -0.15) is 0 Å². The van der Waals surface area contributed by atoms with Gasteiger partial charge >= 0.3 is 0 Å². The molecule has 0 saturated heterocycles. The van der Waals surface area contributed by atoms with Crippen molar-refractivity contribution in [1.82, 2.24) is 4.98 Å². The van der Waals surface area contributed by atoms with Crippen LogP contribution in [0.3, 0.4) is 0 Å². The second-order valence-electron chi connectivity index (χ2n) is 16.9. The van der Waals surface area contributed by atoms with Gasteiger partial charge in [-0.1, -0.05) is 125 Å². The SMILES string of the molecule is CC1(C)c2ccccc2-c2ccc(N(c3ccccc3)c3ccc(-c4nc5ccc(N(c6ccccc6)c6ccc7c(c6)C(C)(C)c6ccccc6-7)cc5s4)cc3)cc21. The van der Waals surface area contributed by atoms with Crippen LogP contribution in [-0.2, 0) is 10.8 Å². The largest absolute Gasteiger partial charge is 0.310 e. The Morgan fingerprint density at radius 2 is 0.780 bits per heavy atom. The molecule has 9 aromatic rings. The van der Waals surface area contributed by atoms with E-state index in [-0.39, 0.29) is 10.8 Å². The molecule has 8 aromatic carbocycles. The fraction of sp³-hybridized carbons (Fsp3) is 0.109. The summed E-state index contributed by atoms with van der Waals surface area (Å²) in [6.07, 6.45) is 0. The van der Waals surface area contributed by atoms with Gasteiger partial charge in [0.1, 0.15) is 5.01 Å². The zero-order chi connectivity index (χ0) is 39.9. The topological polar surface area (TPSA) is 19.4 Å². The third-order valence-corrected chi connectivity index (χ3v) is 13.7. The van der Waals surface area contributed by atoms with Crippen molar-refractivity contribution < 1.29 is 0 Å². The van der Waals surface area contributed by atoms with Crippen LogP contribution in [0.25, 0.3) is 43.0 Å². The first-order chi connectivity index (χ1) is 28.8. The molecule has 2 aliphatic carbocycles. The van der Waals surface area contributed by atoms with E-state index in [0.717, 1.165) is 54.9 Å². The molecular weight excluding hydrogens is 735 g/mol. The van der Waals surface area contributed by atoms with Crippen LogP contribution in [0.5, 0.6) is 0 Å². The average molecular weight is 778 g/mol. The standard InChI is InChI=1S/C55H43N3S/c1-54(2)47-21-13-11-19-43(47)45-30-27-40(33-49(45)54)57(37-15-7-5-8-16-37)39-25-23-36(24-26-39)53-56-51-32-29-42(35-52(51)59-53)58(38-17-9-6-10-18-38)41-28-31-46-44-20-12-14-22-48(44)55(3,4)50(46)34-41/h5-35H,1-4H3. The van der Waals surface area contributed by atoms with E-state index in [1.54, 1.807) is 11.3 Å². The molecule has 0 aliphatic heterocycles. The zero-order valence-electron chi connectivity index (χ0n) is 33.6. The maximum Gasteiger partial charge on any atom is 0.124 e. The summed E-state index contributed by atoms with van der Waals surface area (Å²) in [5, 5.41) is 1.01. The van der Waals surface area contributed by atoms with Crippen LogP contribution < -0.4 is 9.80 Å². The molecule has 0 bridgehead atoms. The van der Waals surface area contributed by atoms with E-state index in [4.69, 9.17) is 4.98 Å². The summed E-state index contributed by atoms with van der Waals surface area (Å²) in [6.45, 7) is 9.38. The molecule has 0 amide bonds. The average Bonchev–Trinajstić information content (AvgIpc) is 3.88. The summed E-state index contributed by atoms with van der Waals surface area (Å²) in [4.78, 5) is 9.92. The molecule has 3 nitrogen and oxygen atoms in total. The van der Waals surface area contributed by atoms with Crippen LogP contribution in [0.1, 0.15) is 49.9 Å². The molecule has 1 aromatic heterocycles. The molecule has 0 radical (unpaired) electrons. The van der Waals surface area contributed by atoms with Crippen molar-refractivity contribution in [2.45, 2.75) is 38.5 Å². The van der Waals surface area contributed by atoms with Crippen molar-refractivity contribution in [1.29, 1.82) is 0 Å². The third kappa shape index (κ3) is 5.66. The van der Waals surface area contributed by atoms with Crippen molar-refractivity contribution in [2.24, 2.45) is 0 Å². The number of benzene rings is 8. The normalized spacial score (nSPS) is 14.0. The minimum atomic E-state index is -0.0842. The lowest BCUT2D eigenvalue weighted by atomic mass is 9.82. The lowest BCUT2D eigenvalue weighted by Gasteiger charge is -2.28. The molecule has 2 aliphatic rings. The Labute approximate surface area is 350 Å². The number of nitrogens with zero attached hydrogens (tertiary/aromatic N) is 3. The highest BCUT2D eigenvalue weighted by atomic mass is 32.1. The highest BCUT2D eigenvalue weighted by molar-refractivity contribution is 7.21. The lowest BCUT2D eigenvalue weighted by molar-refractivity contribution is 0.660. The zero-order valence-corrected chi connectivity index (χ0v) is 34.5. The molecule has 4 heteroatoms. The maximum atomic E-state index is 5.17. The van der Waals surface area contributed by atoms with Crippen LogP contribution in [-0.4, -0.2) is 4.98 Å². The summed E-state index contributed by atoms with van der Waals surface area (Å²) < 4.78 is 1.16. The monoisotopic (exact) mass is 777 g/mol. The van der Waals surface area contributed by atoms with Crippen molar-refractivity contribution in [3.05, 3.63) is 210 Å². The minimum absolute atomic E-state index is 0.0797. The van der Waals surface area contributed by atoms with Crippen LogP contribution in [0.4, 0.5) is 34.1 Å². The predicted octanol–water partition coefficient (Wildman–Crippen LogP) is 15.5. The molecule has 0 unspecified atom stereocenters. The van der Waals surface area contributed by atoms with Crippen molar-refractivity contribution in [2.75, 3.05) is 9.80 Å². The number of aromatic nitrogens is 1. The van der Waals surface area contributed by atoms with Gasteiger partial charge in [0.05, 0.1) is 10.2 Å². The molecule has 0 N–H and O–H groups in total. The van der Waals surface area contributed by atoms with Gasteiger partial charge < -0.3 is 9.80 Å². The smallest absolute Gasteiger partial charge is 0.124 e. The number of fused-ring (bicyclic) bond motifs is 7. The number of thiazole rings is 1. The molecule has 0 spiro atoms. The van der Waals surface area contributed by atoms with Crippen LogP contribution in [0.15, 0.2) is 188 Å². The van der Waals surface area contributed by atoms with E-state index in [1.807, 2.05) is 0 Å². The Kier molecular flexibility index (Phi) is 8.05. The Morgan fingerprint density at radius 1 is 0.373 bits per heavy atom. The molecule has 284 valence electrons. The number of para-hydroxylation sites is 2. The van der Waals surface area contributed by atoms with E-state index in [2.05, 4.69) is 226 Å². The number of hydrogen-bond acceptors (Lipinski definition) is 4.